The van der Waals surface area contributed by atoms with Gasteiger partial charge in [-0.2, -0.15) is 0 Å². The minimum atomic E-state index is -1.11. The van der Waals surface area contributed by atoms with Crippen molar-refractivity contribution < 1.29 is 14.9 Å². The molecule has 0 saturated carbocycles. The van der Waals surface area contributed by atoms with E-state index in [4.69, 9.17) is 5.11 Å². The van der Waals surface area contributed by atoms with Gasteiger partial charge in [0.05, 0.1) is 5.95 Å². The second-order valence-corrected chi connectivity index (χ2v) is 1.51. The SMILES string of the molecule is C=C1C=C([O-])OC1O. The first-order valence-electron chi connectivity index (χ1n) is 2.12. The Morgan fingerprint density at radius 1 is 1.88 bits per heavy atom. The zero-order valence-electron chi connectivity index (χ0n) is 4.13. The molecule has 0 aromatic carbocycles. The van der Waals surface area contributed by atoms with E-state index in [2.05, 4.69) is 11.3 Å². The number of rotatable bonds is 0. The fourth-order valence-corrected chi connectivity index (χ4v) is 0.442. The van der Waals surface area contributed by atoms with E-state index < -0.39 is 12.2 Å². The van der Waals surface area contributed by atoms with E-state index in [1.54, 1.807) is 0 Å². The molecule has 1 rings (SSSR count). The first-order chi connectivity index (χ1) is 3.70. The average Bonchev–Trinajstić information content (AvgIpc) is 1.85. The summed E-state index contributed by atoms with van der Waals surface area (Å²) in [6, 6.07) is 0. The van der Waals surface area contributed by atoms with Crippen molar-refractivity contribution in [3.05, 3.63) is 24.2 Å². The van der Waals surface area contributed by atoms with E-state index in [9.17, 15) is 5.11 Å². The van der Waals surface area contributed by atoms with E-state index >= 15 is 0 Å². The van der Waals surface area contributed by atoms with E-state index in [0.717, 1.165) is 6.08 Å². The molecule has 0 amide bonds. The molecule has 0 saturated heterocycles. The lowest BCUT2D eigenvalue weighted by Crippen LogP contribution is -2.10. The van der Waals surface area contributed by atoms with Gasteiger partial charge >= 0.3 is 0 Å². The highest BCUT2D eigenvalue weighted by atomic mass is 16.7. The summed E-state index contributed by atoms with van der Waals surface area (Å²) in [6.07, 6.45) is 0.0486. The third-order valence-electron chi connectivity index (χ3n) is 0.848. The quantitative estimate of drug-likeness (QED) is 0.442. The van der Waals surface area contributed by atoms with E-state index in [1.165, 1.54) is 0 Å². The Bertz CT molecular complexity index is 148. The van der Waals surface area contributed by atoms with Gasteiger partial charge in [0.1, 0.15) is 6.29 Å². The predicted octanol–water partition coefficient (Wildman–Crippen LogP) is -0.907. The van der Waals surface area contributed by atoms with Gasteiger partial charge in [0.15, 0.2) is 0 Å². The van der Waals surface area contributed by atoms with Crippen LogP contribution in [0, 0.1) is 0 Å². The van der Waals surface area contributed by atoms with E-state index in [0.29, 0.717) is 5.57 Å². The Morgan fingerprint density at radius 3 is 2.62 bits per heavy atom. The van der Waals surface area contributed by atoms with Crippen molar-refractivity contribution in [1.29, 1.82) is 0 Å². The largest absolute Gasteiger partial charge is 0.582 e. The van der Waals surface area contributed by atoms with Crippen molar-refractivity contribution in [2.24, 2.45) is 0 Å². The van der Waals surface area contributed by atoms with Crippen molar-refractivity contribution in [1.82, 2.24) is 0 Å². The molecule has 1 aliphatic heterocycles. The fourth-order valence-electron chi connectivity index (χ4n) is 0.442. The second-order valence-electron chi connectivity index (χ2n) is 1.51. The van der Waals surface area contributed by atoms with Crippen molar-refractivity contribution in [2.75, 3.05) is 0 Å². The van der Waals surface area contributed by atoms with E-state index in [1.807, 2.05) is 0 Å². The van der Waals surface area contributed by atoms with Gasteiger partial charge < -0.3 is 14.9 Å². The monoisotopic (exact) mass is 113 g/mol. The van der Waals surface area contributed by atoms with Crippen molar-refractivity contribution in [3.63, 3.8) is 0 Å². The molecule has 0 aromatic heterocycles. The van der Waals surface area contributed by atoms with Crippen LogP contribution in [0.5, 0.6) is 0 Å². The summed E-state index contributed by atoms with van der Waals surface area (Å²) in [7, 11) is 0. The van der Waals surface area contributed by atoms with Gasteiger partial charge in [-0.05, 0) is 11.6 Å². The summed E-state index contributed by atoms with van der Waals surface area (Å²) < 4.78 is 4.23. The molecule has 44 valence electrons. The van der Waals surface area contributed by atoms with Crippen LogP contribution < -0.4 is 5.11 Å². The third-order valence-corrected chi connectivity index (χ3v) is 0.848. The van der Waals surface area contributed by atoms with Crippen LogP contribution in [0.3, 0.4) is 0 Å². The molecule has 0 bridgehead atoms. The van der Waals surface area contributed by atoms with Crippen LogP contribution in [0.15, 0.2) is 24.2 Å². The molecule has 1 atom stereocenters. The van der Waals surface area contributed by atoms with Crippen molar-refractivity contribution in [2.45, 2.75) is 6.29 Å². The molecule has 8 heavy (non-hydrogen) atoms. The lowest BCUT2D eigenvalue weighted by Gasteiger charge is -2.12. The number of aliphatic hydroxyl groups is 1. The Hall–Kier alpha value is -0.960. The summed E-state index contributed by atoms with van der Waals surface area (Å²) in [6.45, 7) is 3.33. The highest BCUT2D eigenvalue weighted by molar-refractivity contribution is 5.21. The first kappa shape index (κ1) is 5.18. The minimum Gasteiger partial charge on any atom is -0.582 e. The first-order valence-corrected chi connectivity index (χ1v) is 2.12. The van der Waals surface area contributed by atoms with Gasteiger partial charge in [-0.3, -0.25) is 0 Å². The molecule has 0 spiro atoms. The number of ether oxygens (including phenoxy) is 1. The average molecular weight is 113 g/mol. The molecule has 0 radical (unpaired) electrons. The zero-order chi connectivity index (χ0) is 6.15. The van der Waals surface area contributed by atoms with Gasteiger partial charge in [0.25, 0.3) is 0 Å². The molecular weight excluding hydrogens is 108 g/mol. The normalized spacial score (nSPS) is 27.4. The Kier molecular flexibility index (Phi) is 0.986. The number of hydrogen-bond donors (Lipinski definition) is 1. The molecule has 1 heterocycles. The Morgan fingerprint density at radius 2 is 2.50 bits per heavy atom. The van der Waals surface area contributed by atoms with Crippen LogP contribution >= 0.6 is 0 Å². The van der Waals surface area contributed by atoms with Crippen LogP contribution in [0.2, 0.25) is 0 Å². The van der Waals surface area contributed by atoms with Crippen LogP contribution in [0.25, 0.3) is 0 Å². The molecule has 3 heteroatoms. The summed E-state index contributed by atoms with van der Waals surface area (Å²) in [5, 5.41) is 18.8. The summed E-state index contributed by atoms with van der Waals surface area (Å²) in [4.78, 5) is 0. The maximum absolute atomic E-state index is 10.2. The van der Waals surface area contributed by atoms with Crippen LogP contribution in [0.4, 0.5) is 0 Å². The standard InChI is InChI=1S/C5H6O3/c1-3-2-4(6)8-5(3)7/h2,5-7H,1H2/p-1. The van der Waals surface area contributed by atoms with Gasteiger partial charge in [-0.1, -0.05) is 6.58 Å². The molecule has 1 aliphatic rings. The summed E-state index contributed by atoms with van der Waals surface area (Å²) in [5.74, 6) is -0.525. The lowest BCUT2D eigenvalue weighted by molar-refractivity contribution is -0.365. The van der Waals surface area contributed by atoms with Crippen LogP contribution in [-0.2, 0) is 4.74 Å². The summed E-state index contributed by atoms with van der Waals surface area (Å²) in [5.41, 5.74) is 0.315. The predicted molar refractivity (Wildman–Crippen MR) is 24.3 cm³/mol. The van der Waals surface area contributed by atoms with E-state index in [-0.39, 0.29) is 0 Å². The number of hydrogen-bond acceptors (Lipinski definition) is 3. The fraction of sp³-hybridized carbons (Fsp3) is 0.200. The minimum absolute atomic E-state index is 0.315. The second kappa shape index (κ2) is 1.52. The molecule has 0 aliphatic carbocycles. The highest BCUT2D eigenvalue weighted by Gasteiger charge is 2.07. The molecule has 0 fully saturated rings. The maximum atomic E-state index is 10.2. The number of aliphatic hydroxyl groups excluding tert-OH is 1. The molecular formula is C5H5O3-. The molecule has 1 N–H and O–H groups in total. The molecule has 0 aromatic rings. The topological polar surface area (TPSA) is 52.5 Å². The van der Waals surface area contributed by atoms with Crippen molar-refractivity contribution >= 4 is 0 Å². The van der Waals surface area contributed by atoms with Gasteiger partial charge in [0, 0.05) is 0 Å². The van der Waals surface area contributed by atoms with Gasteiger partial charge in [-0.15, -0.1) is 0 Å². The van der Waals surface area contributed by atoms with Crippen molar-refractivity contribution in [3.8, 4) is 0 Å². The smallest absolute Gasteiger partial charge is 0.129 e. The van der Waals surface area contributed by atoms with Crippen LogP contribution in [-0.4, -0.2) is 11.4 Å². The third kappa shape index (κ3) is 0.675. The highest BCUT2D eigenvalue weighted by Crippen LogP contribution is 2.14. The zero-order valence-corrected chi connectivity index (χ0v) is 4.13. The Labute approximate surface area is 46.5 Å². The molecule has 3 nitrogen and oxygen atoms in total. The van der Waals surface area contributed by atoms with Crippen LogP contribution in [0.1, 0.15) is 0 Å². The maximum Gasteiger partial charge on any atom is 0.129 e. The molecule has 1 unspecified atom stereocenters. The lowest BCUT2D eigenvalue weighted by atomic mass is 10.3. The van der Waals surface area contributed by atoms with Gasteiger partial charge in [0.2, 0.25) is 0 Å². The Balaban J connectivity index is 2.70. The van der Waals surface area contributed by atoms with Gasteiger partial charge in [-0.25, -0.2) is 0 Å². The summed E-state index contributed by atoms with van der Waals surface area (Å²) >= 11 is 0.